The molecule has 1 aromatic carbocycles. The van der Waals surface area contributed by atoms with Gasteiger partial charge in [-0.2, -0.15) is 0 Å². The lowest BCUT2D eigenvalue weighted by molar-refractivity contribution is -0.159. The minimum atomic E-state index is -1.75. The fraction of sp³-hybridized carbons (Fsp3) is 0.333. The highest BCUT2D eigenvalue weighted by Crippen LogP contribution is 2.23. The van der Waals surface area contributed by atoms with Gasteiger partial charge >= 0.3 is 5.97 Å². The molecule has 0 radical (unpaired) electrons. The molecule has 2 unspecified atom stereocenters. The number of hydrogen-bond donors (Lipinski definition) is 2. The third kappa shape index (κ3) is 3.29. The van der Waals surface area contributed by atoms with Crippen LogP contribution in [0.25, 0.3) is 0 Å². The summed E-state index contributed by atoms with van der Waals surface area (Å²) in [5.41, 5.74) is 0.230. The Morgan fingerprint density at radius 2 is 2.17 bits per heavy atom. The van der Waals surface area contributed by atoms with Gasteiger partial charge in [0.2, 0.25) is 0 Å². The number of aliphatic hydroxyl groups excluding tert-OH is 2. The van der Waals surface area contributed by atoms with Crippen LogP contribution in [0.4, 0.5) is 0 Å². The molecule has 0 saturated carbocycles. The fourth-order valence-corrected chi connectivity index (χ4v) is 1.62. The Morgan fingerprint density at radius 3 is 2.72 bits per heavy atom. The second-order valence-electron chi connectivity index (χ2n) is 3.53. The topological polar surface area (TPSA) is 83.8 Å². The molecular formula is C12H13ClO5. The summed E-state index contributed by atoms with van der Waals surface area (Å²) in [6, 6.07) is 4.16. The number of hydrogen-bond acceptors (Lipinski definition) is 5. The van der Waals surface area contributed by atoms with Crippen LogP contribution in [-0.4, -0.2) is 35.2 Å². The molecule has 98 valence electrons. The first-order valence-corrected chi connectivity index (χ1v) is 5.66. The molecule has 1 aromatic rings. The van der Waals surface area contributed by atoms with Crippen LogP contribution >= 0.6 is 11.6 Å². The summed E-state index contributed by atoms with van der Waals surface area (Å²) in [6.07, 6.45) is -2.80. The fourth-order valence-electron chi connectivity index (χ4n) is 1.44. The molecule has 2 atom stereocenters. The van der Waals surface area contributed by atoms with Gasteiger partial charge in [0.15, 0.2) is 6.10 Å². The zero-order chi connectivity index (χ0) is 13.7. The lowest BCUT2D eigenvalue weighted by Gasteiger charge is -2.18. The van der Waals surface area contributed by atoms with Gasteiger partial charge in [0.1, 0.15) is 12.4 Å². The largest absolute Gasteiger partial charge is 0.464 e. The molecule has 0 aliphatic heterocycles. The number of esters is 1. The smallest absolute Gasteiger partial charge is 0.338 e. The Balaban J connectivity index is 2.99. The number of aldehydes is 1. The number of carbonyl (C=O) groups excluding carboxylic acids is 2. The third-order valence-electron chi connectivity index (χ3n) is 2.32. The first-order chi connectivity index (χ1) is 8.51. The maximum absolute atomic E-state index is 11.3. The van der Waals surface area contributed by atoms with E-state index in [-0.39, 0.29) is 17.7 Å². The quantitative estimate of drug-likeness (QED) is 0.620. The van der Waals surface area contributed by atoms with E-state index < -0.39 is 18.2 Å². The van der Waals surface area contributed by atoms with Gasteiger partial charge in [0.25, 0.3) is 0 Å². The molecule has 0 aromatic heterocycles. The van der Waals surface area contributed by atoms with E-state index in [0.29, 0.717) is 11.3 Å². The summed E-state index contributed by atoms with van der Waals surface area (Å²) in [4.78, 5) is 22.1. The molecule has 2 N–H and O–H groups in total. The van der Waals surface area contributed by atoms with Crippen LogP contribution in [0.15, 0.2) is 18.2 Å². The Labute approximate surface area is 109 Å². The van der Waals surface area contributed by atoms with Gasteiger partial charge in [-0.15, -0.1) is 0 Å². The van der Waals surface area contributed by atoms with Gasteiger partial charge in [-0.25, -0.2) is 4.79 Å². The van der Waals surface area contributed by atoms with Crippen molar-refractivity contribution in [3.8, 4) is 0 Å². The Hall–Kier alpha value is -1.43. The number of halogens is 1. The van der Waals surface area contributed by atoms with Crippen LogP contribution in [0.2, 0.25) is 5.02 Å². The number of carbonyl (C=O) groups is 2. The third-order valence-corrected chi connectivity index (χ3v) is 2.56. The van der Waals surface area contributed by atoms with Crippen molar-refractivity contribution in [2.45, 2.75) is 19.1 Å². The van der Waals surface area contributed by atoms with Crippen LogP contribution in [0.3, 0.4) is 0 Å². The van der Waals surface area contributed by atoms with Gasteiger partial charge in [-0.05, 0) is 24.6 Å². The van der Waals surface area contributed by atoms with Crippen molar-refractivity contribution in [3.63, 3.8) is 0 Å². The highest BCUT2D eigenvalue weighted by Gasteiger charge is 2.28. The van der Waals surface area contributed by atoms with Crippen molar-refractivity contribution < 1.29 is 24.5 Å². The predicted molar refractivity (Wildman–Crippen MR) is 64.4 cm³/mol. The molecule has 18 heavy (non-hydrogen) atoms. The Bertz CT molecular complexity index is 446. The zero-order valence-corrected chi connectivity index (χ0v) is 10.4. The first-order valence-electron chi connectivity index (χ1n) is 5.28. The van der Waals surface area contributed by atoms with Gasteiger partial charge in [-0.1, -0.05) is 17.7 Å². The number of benzene rings is 1. The lowest BCUT2D eigenvalue weighted by Crippen LogP contribution is -2.30. The van der Waals surface area contributed by atoms with E-state index in [4.69, 9.17) is 11.6 Å². The average Bonchev–Trinajstić information content (AvgIpc) is 2.37. The normalized spacial score (nSPS) is 13.8. The van der Waals surface area contributed by atoms with Crippen LogP contribution < -0.4 is 0 Å². The summed E-state index contributed by atoms with van der Waals surface area (Å²) in [6.45, 7) is 1.67. The van der Waals surface area contributed by atoms with Crippen molar-refractivity contribution >= 4 is 23.9 Å². The van der Waals surface area contributed by atoms with E-state index in [9.17, 15) is 19.8 Å². The highest BCUT2D eigenvalue weighted by molar-refractivity contribution is 6.30. The molecule has 0 saturated heterocycles. The molecule has 5 nitrogen and oxygen atoms in total. The van der Waals surface area contributed by atoms with Crippen molar-refractivity contribution in [3.05, 3.63) is 34.3 Å². The van der Waals surface area contributed by atoms with Gasteiger partial charge < -0.3 is 14.9 Å². The highest BCUT2D eigenvalue weighted by atomic mass is 35.5. The molecule has 1 rings (SSSR count). The summed E-state index contributed by atoms with van der Waals surface area (Å²) in [5, 5.41) is 19.7. The lowest BCUT2D eigenvalue weighted by atomic mass is 9.99. The van der Waals surface area contributed by atoms with Crippen molar-refractivity contribution in [1.82, 2.24) is 0 Å². The molecule has 0 heterocycles. The summed E-state index contributed by atoms with van der Waals surface area (Å²) in [5.74, 6) is -0.947. The molecule has 0 amide bonds. The van der Waals surface area contributed by atoms with Crippen LogP contribution in [0, 0.1) is 0 Å². The summed E-state index contributed by atoms with van der Waals surface area (Å²) in [7, 11) is 0. The van der Waals surface area contributed by atoms with E-state index in [1.165, 1.54) is 18.2 Å². The van der Waals surface area contributed by atoms with E-state index in [0.717, 1.165) is 0 Å². The standard InChI is InChI=1S/C12H13ClO5/c1-2-18-12(17)11(16)10(15)9-4-3-8(13)5-7(9)6-14/h3-6,10-11,15-16H,2H2,1H3. The maximum atomic E-state index is 11.3. The minimum absolute atomic E-state index is 0.0871. The van der Waals surface area contributed by atoms with Crippen molar-refractivity contribution in [2.24, 2.45) is 0 Å². The second-order valence-corrected chi connectivity index (χ2v) is 3.97. The zero-order valence-electron chi connectivity index (χ0n) is 9.67. The summed E-state index contributed by atoms with van der Waals surface area (Å²) >= 11 is 5.70. The van der Waals surface area contributed by atoms with Gasteiger partial charge in [0.05, 0.1) is 6.61 Å². The average molecular weight is 273 g/mol. The predicted octanol–water partition coefficient (Wildman–Crippen LogP) is 1.11. The minimum Gasteiger partial charge on any atom is -0.464 e. The summed E-state index contributed by atoms with van der Waals surface area (Å²) < 4.78 is 4.58. The number of aliphatic hydroxyl groups is 2. The molecule has 0 fully saturated rings. The van der Waals surface area contributed by atoms with E-state index >= 15 is 0 Å². The molecular weight excluding hydrogens is 260 g/mol. The Morgan fingerprint density at radius 1 is 1.50 bits per heavy atom. The van der Waals surface area contributed by atoms with E-state index in [1.54, 1.807) is 6.92 Å². The molecule has 6 heteroatoms. The van der Waals surface area contributed by atoms with Gasteiger partial charge in [0, 0.05) is 10.6 Å². The second kappa shape index (κ2) is 6.49. The molecule has 0 bridgehead atoms. The van der Waals surface area contributed by atoms with Crippen LogP contribution in [0.5, 0.6) is 0 Å². The Kier molecular flexibility index (Phi) is 5.27. The molecule has 0 aliphatic carbocycles. The van der Waals surface area contributed by atoms with Crippen LogP contribution in [-0.2, 0) is 9.53 Å². The SMILES string of the molecule is CCOC(=O)C(O)C(O)c1ccc(Cl)cc1C=O. The van der Waals surface area contributed by atoms with E-state index in [1.807, 2.05) is 0 Å². The van der Waals surface area contributed by atoms with Gasteiger partial charge in [-0.3, -0.25) is 4.79 Å². The molecule has 0 spiro atoms. The maximum Gasteiger partial charge on any atom is 0.338 e. The number of ether oxygens (including phenoxy) is 1. The number of rotatable bonds is 5. The monoisotopic (exact) mass is 272 g/mol. The van der Waals surface area contributed by atoms with Crippen LogP contribution in [0.1, 0.15) is 28.9 Å². The molecule has 0 aliphatic rings. The first kappa shape index (κ1) is 14.6. The van der Waals surface area contributed by atoms with Crippen molar-refractivity contribution in [2.75, 3.05) is 6.61 Å². The van der Waals surface area contributed by atoms with Crippen molar-refractivity contribution in [1.29, 1.82) is 0 Å². The van der Waals surface area contributed by atoms with E-state index in [2.05, 4.69) is 4.74 Å².